The van der Waals surface area contributed by atoms with Crippen LogP contribution in [0.5, 0.6) is 0 Å². The van der Waals surface area contributed by atoms with E-state index < -0.39 is 0 Å². The van der Waals surface area contributed by atoms with Crippen LogP contribution in [0, 0.1) is 0 Å². The fourth-order valence-corrected chi connectivity index (χ4v) is 4.05. The molecule has 0 radical (unpaired) electrons. The summed E-state index contributed by atoms with van der Waals surface area (Å²) in [4.78, 5) is 18.2. The molecule has 0 saturated carbocycles. The lowest BCUT2D eigenvalue weighted by Gasteiger charge is -2.36. The van der Waals surface area contributed by atoms with Crippen LogP contribution in [0.4, 0.5) is 0 Å². The van der Waals surface area contributed by atoms with Gasteiger partial charge in [-0.1, -0.05) is 18.2 Å². The Bertz CT molecular complexity index is 663. The van der Waals surface area contributed by atoms with E-state index in [1.54, 1.807) is 0 Å². The highest BCUT2D eigenvalue weighted by Crippen LogP contribution is 2.34. The first-order valence-corrected chi connectivity index (χ1v) is 7.81. The van der Waals surface area contributed by atoms with Crippen molar-refractivity contribution < 1.29 is 4.79 Å². The summed E-state index contributed by atoms with van der Waals surface area (Å²) >= 11 is 0. The van der Waals surface area contributed by atoms with E-state index in [2.05, 4.69) is 22.2 Å². The molecule has 4 nitrogen and oxygen atoms in total. The van der Waals surface area contributed by atoms with E-state index in [0.29, 0.717) is 18.1 Å². The van der Waals surface area contributed by atoms with E-state index in [4.69, 9.17) is 0 Å². The second kappa shape index (κ2) is 4.88. The Kier molecular flexibility index (Phi) is 3.00. The molecule has 4 rings (SSSR count). The standard InChI is InChI=1S/C17H21N3O/c1-20-12-6-7-13(20)9-11(8-12)19-17(21)15-10-18-16-5-3-2-4-14(15)16/h2-5,10-13,18H,6-9H2,1H3,(H,19,21)/t11?,12-,13+. The summed E-state index contributed by atoms with van der Waals surface area (Å²) in [5.74, 6) is 0.0569. The number of nitrogens with one attached hydrogen (secondary N) is 2. The molecule has 2 aliphatic heterocycles. The van der Waals surface area contributed by atoms with Crippen LogP contribution in [0.15, 0.2) is 30.5 Å². The van der Waals surface area contributed by atoms with Gasteiger partial charge in [0.2, 0.25) is 0 Å². The molecule has 2 saturated heterocycles. The highest BCUT2D eigenvalue weighted by molar-refractivity contribution is 6.06. The highest BCUT2D eigenvalue weighted by Gasteiger charge is 2.38. The number of carbonyl (C=O) groups is 1. The van der Waals surface area contributed by atoms with Crippen LogP contribution in [0.25, 0.3) is 10.9 Å². The van der Waals surface area contributed by atoms with Crippen LogP contribution in [0.2, 0.25) is 0 Å². The molecule has 1 aromatic carbocycles. The number of nitrogens with zero attached hydrogens (tertiary/aromatic N) is 1. The predicted octanol–water partition coefficient (Wildman–Crippen LogP) is 2.52. The highest BCUT2D eigenvalue weighted by atomic mass is 16.1. The Morgan fingerprint density at radius 2 is 1.95 bits per heavy atom. The van der Waals surface area contributed by atoms with Gasteiger partial charge in [0.25, 0.3) is 5.91 Å². The minimum atomic E-state index is 0.0569. The number of aromatic nitrogens is 1. The lowest BCUT2D eigenvalue weighted by molar-refractivity contribution is 0.0884. The molecule has 2 aliphatic rings. The van der Waals surface area contributed by atoms with Gasteiger partial charge in [0.05, 0.1) is 5.56 Å². The number of rotatable bonds is 2. The molecular formula is C17H21N3O. The topological polar surface area (TPSA) is 48.1 Å². The fraction of sp³-hybridized carbons (Fsp3) is 0.471. The molecule has 2 fully saturated rings. The van der Waals surface area contributed by atoms with Gasteiger partial charge in [-0.05, 0) is 38.8 Å². The second-order valence-electron chi connectivity index (χ2n) is 6.44. The van der Waals surface area contributed by atoms with Gasteiger partial charge in [0.1, 0.15) is 0 Å². The van der Waals surface area contributed by atoms with E-state index in [-0.39, 0.29) is 5.91 Å². The normalized spacial score (nSPS) is 28.9. The van der Waals surface area contributed by atoms with E-state index in [9.17, 15) is 4.79 Å². The molecule has 2 bridgehead atoms. The van der Waals surface area contributed by atoms with Crippen LogP contribution in [0.3, 0.4) is 0 Å². The van der Waals surface area contributed by atoms with Crippen molar-refractivity contribution in [2.75, 3.05) is 7.05 Å². The van der Waals surface area contributed by atoms with Crippen LogP contribution in [-0.2, 0) is 0 Å². The summed E-state index contributed by atoms with van der Waals surface area (Å²) in [5.41, 5.74) is 1.78. The molecule has 2 aromatic rings. The molecule has 2 N–H and O–H groups in total. The summed E-state index contributed by atoms with van der Waals surface area (Å²) in [5, 5.41) is 4.25. The average Bonchev–Trinajstić information content (AvgIpc) is 2.98. The average molecular weight is 283 g/mol. The van der Waals surface area contributed by atoms with Crippen molar-refractivity contribution in [1.82, 2.24) is 15.2 Å². The first-order valence-electron chi connectivity index (χ1n) is 7.81. The maximum atomic E-state index is 12.6. The van der Waals surface area contributed by atoms with Crippen LogP contribution in [-0.4, -0.2) is 41.0 Å². The summed E-state index contributed by atoms with van der Waals surface area (Å²) in [7, 11) is 2.22. The van der Waals surface area contributed by atoms with Gasteiger partial charge in [-0.3, -0.25) is 4.79 Å². The molecule has 21 heavy (non-hydrogen) atoms. The zero-order valence-electron chi connectivity index (χ0n) is 12.3. The molecule has 1 unspecified atom stereocenters. The van der Waals surface area contributed by atoms with E-state index in [1.165, 1.54) is 12.8 Å². The third-order valence-electron chi connectivity index (χ3n) is 5.27. The smallest absolute Gasteiger partial charge is 0.253 e. The number of hydrogen-bond donors (Lipinski definition) is 2. The molecule has 3 heterocycles. The minimum absolute atomic E-state index is 0.0569. The number of carbonyl (C=O) groups excluding carboxylic acids is 1. The zero-order valence-corrected chi connectivity index (χ0v) is 12.3. The SMILES string of the molecule is CN1[C@@H]2CC[C@H]1CC(NC(=O)c1c[nH]c3ccccc13)C2. The number of benzene rings is 1. The third-order valence-corrected chi connectivity index (χ3v) is 5.27. The summed E-state index contributed by atoms with van der Waals surface area (Å²) < 4.78 is 0. The van der Waals surface area contributed by atoms with Crippen LogP contribution in [0.1, 0.15) is 36.0 Å². The van der Waals surface area contributed by atoms with Gasteiger partial charge in [0.15, 0.2) is 0 Å². The van der Waals surface area contributed by atoms with E-state index >= 15 is 0 Å². The number of aromatic amines is 1. The van der Waals surface area contributed by atoms with Gasteiger partial charge < -0.3 is 15.2 Å². The molecule has 1 amide bonds. The van der Waals surface area contributed by atoms with Crippen molar-refractivity contribution >= 4 is 16.8 Å². The maximum absolute atomic E-state index is 12.6. The third kappa shape index (κ3) is 2.14. The van der Waals surface area contributed by atoms with E-state index in [1.807, 2.05) is 30.5 Å². The molecular weight excluding hydrogens is 262 g/mol. The summed E-state index contributed by atoms with van der Waals surface area (Å²) in [6.45, 7) is 0. The lowest BCUT2D eigenvalue weighted by Crippen LogP contribution is -2.48. The van der Waals surface area contributed by atoms with Gasteiger partial charge in [-0.2, -0.15) is 0 Å². The maximum Gasteiger partial charge on any atom is 0.253 e. The fourth-order valence-electron chi connectivity index (χ4n) is 4.05. The zero-order chi connectivity index (χ0) is 14.4. The largest absolute Gasteiger partial charge is 0.360 e. The number of fused-ring (bicyclic) bond motifs is 3. The molecule has 3 atom stereocenters. The van der Waals surface area contributed by atoms with Crippen molar-refractivity contribution in [2.45, 2.75) is 43.8 Å². The summed E-state index contributed by atoms with van der Waals surface area (Å²) in [6.07, 6.45) is 6.55. The predicted molar refractivity (Wildman–Crippen MR) is 83.4 cm³/mol. The Balaban J connectivity index is 1.51. The Morgan fingerprint density at radius 1 is 1.24 bits per heavy atom. The van der Waals surface area contributed by atoms with Gasteiger partial charge in [-0.25, -0.2) is 0 Å². The van der Waals surface area contributed by atoms with Crippen molar-refractivity contribution in [3.63, 3.8) is 0 Å². The molecule has 1 aromatic heterocycles. The van der Waals surface area contributed by atoms with Crippen molar-refractivity contribution in [2.24, 2.45) is 0 Å². The number of piperidine rings is 1. The second-order valence-corrected chi connectivity index (χ2v) is 6.44. The lowest BCUT2D eigenvalue weighted by atomic mass is 9.97. The Hall–Kier alpha value is -1.81. The van der Waals surface area contributed by atoms with E-state index in [0.717, 1.165) is 29.3 Å². The summed E-state index contributed by atoms with van der Waals surface area (Å²) in [6, 6.07) is 9.58. The Labute approximate surface area is 124 Å². The number of amides is 1. The first-order chi connectivity index (χ1) is 10.2. The van der Waals surface area contributed by atoms with Crippen molar-refractivity contribution in [3.05, 3.63) is 36.0 Å². The molecule has 4 heteroatoms. The number of para-hydroxylation sites is 1. The van der Waals surface area contributed by atoms with Crippen molar-refractivity contribution in [1.29, 1.82) is 0 Å². The van der Waals surface area contributed by atoms with Gasteiger partial charge >= 0.3 is 0 Å². The van der Waals surface area contributed by atoms with Gasteiger partial charge in [-0.15, -0.1) is 0 Å². The van der Waals surface area contributed by atoms with Gasteiger partial charge in [0, 0.05) is 35.2 Å². The monoisotopic (exact) mass is 283 g/mol. The Morgan fingerprint density at radius 3 is 2.71 bits per heavy atom. The minimum Gasteiger partial charge on any atom is -0.360 e. The van der Waals surface area contributed by atoms with Crippen LogP contribution < -0.4 is 5.32 Å². The number of hydrogen-bond acceptors (Lipinski definition) is 2. The van der Waals surface area contributed by atoms with Crippen molar-refractivity contribution in [3.8, 4) is 0 Å². The quantitative estimate of drug-likeness (QED) is 0.889. The van der Waals surface area contributed by atoms with Crippen LogP contribution >= 0.6 is 0 Å². The first kappa shape index (κ1) is 12.9. The molecule has 110 valence electrons. The molecule has 0 aliphatic carbocycles. The molecule has 0 spiro atoms. The number of H-pyrrole nitrogens is 1.